The monoisotopic (exact) mass is 421 g/mol. The normalized spacial score (nSPS) is 10.7. The minimum atomic E-state index is -0.330. The molecule has 0 radical (unpaired) electrons. The van der Waals surface area contributed by atoms with Gasteiger partial charge in [-0.2, -0.15) is 4.98 Å². The van der Waals surface area contributed by atoms with E-state index in [4.69, 9.17) is 27.9 Å². The summed E-state index contributed by atoms with van der Waals surface area (Å²) in [7, 11) is 1.64. The summed E-state index contributed by atoms with van der Waals surface area (Å²) in [5.41, 5.74) is 1.05. The molecule has 0 unspecified atom stereocenters. The number of hydrogen-bond donors (Lipinski definition) is 2. The zero-order valence-electron chi connectivity index (χ0n) is 15.1. The van der Waals surface area contributed by atoms with Crippen LogP contribution in [0.4, 0.5) is 11.5 Å². The van der Waals surface area contributed by atoms with E-state index in [1.165, 1.54) is 10.8 Å². The molecule has 2 N–H and O–H groups in total. The number of benzene rings is 1. The van der Waals surface area contributed by atoms with Crippen molar-refractivity contribution in [2.45, 2.75) is 6.92 Å². The Balaban J connectivity index is 1.93. The number of halogens is 2. The lowest BCUT2D eigenvalue weighted by Gasteiger charge is -2.12. The Hall–Kier alpha value is -2.84. The third-order valence-corrected chi connectivity index (χ3v) is 4.36. The molecule has 2 heterocycles. The predicted molar refractivity (Wildman–Crippen MR) is 109 cm³/mol. The SMILES string of the molecule is CCNC(=O)COc1cc2cc(Nc3nc(Cl)ncc3Cl)ccc2n(C)c1=O. The number of aryl methyl sites for hydroxylation is 1. The second-order valence-electron chi connectivity index (χ2n) is 5.85. The number of nitrogens with zero attached hydrogens (tertiary/aromatic N) is 3. The molecule has 3 rings (SSSR count). The van der Waals surface area contributed by atoms with Gasteiger partial charge in [0.05, 0.1) is 11.7 Å². The third kappa shape index (κ3) is 4.35. The van der Waals surface area contributed by atoms with E-state index in [1.807, 2.05) is 0 Å². The van der Waals surface area contributed by atoms with E-state index in [0.29, 0.717) is 28.6 Å². The molecule has 0 fully saturated rings. The van der Waals surface area contributed by atoms with E-state index in [9.17, 15) is 9.59 Å². The number of rotatable bonds is 6. The van der Waals surface area contributed by atoms with E-state index in [-0.39, 0.29) is 29.1 Å². The van der Waals surface area contributed by atoms with E-state index in [2.05, 4.69) is 20.6 Å². The standard InChI is InChI=1S/C18H17Cl2N5O3/c1-3-21-15(26)9-28-14-7-10-6-11(4-5-13(10)25(2)17(14)27)23-16-12(19)8-22-18(20)24-16/h4-8H,3,9H2,1-2H3,(H,21,26)(H,22,23,24). The van der Waals surface area contributed by atoms with Gasteiger partial charge in [-0.25, -0.2) is 4.98 Å². The molecule has 0 atom stereocenters. The fourth-order valence-electron chi connectivity index (χ4n) is 2.60. The van der Waals surface area contributed by atoms with Crippen molar-refractivity contribution in [1.82, 2.24) is 19.9 Å². The van der Waals surface area contributed by atoms with Crippen LogP contribution in [0.5, 0.6) is 5.75 Å². The first-order chi connectivity index (χ1) is 13.4. The second kappa shape index (κ2) is 8.45. The van der Waals surface area contributed by atoms with Crippen LogP contribution in [0.25, 0.3) is 10.9 Å². The van der Waals surface area contributed by atoms with Crippen molar-refractivity contribution in [3.8, 4) is 5.75 Å². The zero-order chi connectivity index (χ0) is 20.3. The molecule has 146 valence electrons. The van der Waals surface area contributed by atoms with E-state index in [1.54, 1.807) is 38.2 Å². The highest BCUT2D eigenvalue weighted by Crippen LogP contribution is 2.26. The summed E-state index contributed by atoms with van der Waals surface area (Å²) in [5.74, 6) is 0.149. The lowest BCUT2D eigenvalue weighted by atomic mass is 10.2. The highest BCUT2D eigenvalue weighted by molar-refractivity contribution is 6.33. The molecular formula is C18H17Cl2N5O3. The Labute approximate surface area is 170 Å². The lowest BCUT2D eigenvalue weighted by molar-refractivity contribution is -0.123. The maximum Gasteiger partial charge on any atom is 0.293 e. The maximum atomic E-state index is 12.5. The largest absolute Gasteiger partial charge is 0.478 e. The number of aromatic nitrogens is 3. The number of carbonyl (C=O) groups excluding carboxylic acids is 1. The van der Waals surface area contributed by atoms with Gasteiger partial charge >= 0.3 is 0 Å². The number of ether oxygens (including phenoxy) is 1. The van der Waals surface area contributed by atoms with Crippen LogP contribution in [0, 0.1) is 0 Å². The van der Waals surface area contributed by atoms with Crippen LogP contribution >= 0.6 is 23.2 Å². The summed E-state index contributed by atoms with van der Waals surface area (Å²) in [5, 5.41) is 6.79. The molecule has 3 aromatic rings. The summed E-state index contributed by atoms with van der Waals surface area (Å²) < 4.78 is 6.87. The number of carbonyl (C=O) groups is 1. The van der Waals surface area contributed by atoms with Gasteiger partial charge in [-0.05, 0) is 42.8 Å². The number of pyridine rings is 1. The number of hydrogen-bond acceptors (Lipinski definition) is 6. The maximum absolute atomic E-state index is 12.5. The Morgan fingerprint density at radius 1 is 1.29 bits per heavy atom. The Morgan fingerprint density at radius 3 is 2.82 bits per heavy atom. The fraction of sp³-hybridized carbons (Fsp3) is 0.222. The molecule has 1 amide bonds. The number of likely N-dealkylation sites (N-methyl/N-ethyl adjacent to an activating group) is 1. The predicted octanol–water partition coefficient (Wildman–Crippen LogP) is 2.89. The van der Waals surface area contributed by atoms with Gasteiger partial charge in [0.2, 0.25) is 5.28 Å². The summed E-state index contributed by atoms with van der Waals surface area (Å²) in [6.07, 6.45) is 1.40. The van der Waals surface area contributed by atoms with Gasteiger partial charge < -0.3 is 19.9 Å². The average Bonchev–Trinajstić information content (AvgIpc) is 2.66. The molecule has 10 heteroatoms. The van der Waals surface area contributed by atoms with Crippen LogP contribution in [-0.4, -0.2) is 33.6 Å². The third-order valence-electron chi connectivity index (χ3n) is 3.90. The first-order valence-electron chi connectivity index (χ1n) is 8.37. The molecule has 0 aliphatic carbocycles. The van der Waals surface area contributed by atoms with Crippen LogP contribution in [0.15, 0.2) is 35.3 Å². The van der Waals surface area contributed by atoms with E-state index >= 15 is 0 Å². The molecule has 0 saturated carbocycles. The second-order valence-corrected chi connectivity index (χ2v) is 6.59. The van der Waals surface area contributed by atoms with Crippen molar-refractivity contribution in [2.75, 3.05) is 18.5 Å². The summed E-state index contributed by atoms with van der Waals surface area (Å²) in [6.45, 7) is 2.06. The van der Waals surface area contributed by atoms with Crippen molar-refractivity contribution in [2.24, 2.45) is 7.05 Å². The molecule has 0 aliphatic rings. The van der Waals surface area contributed by atoms with Gasteiger partial charge in [0, 0.05) is 24.7 Å². The van der Waals surface area contributed by atoms with Gasteiger partial charge in [-0.1, -0.05) is 11.6 Å². The summed E-state index contributed by atoms with van der Waals surface area (Å²) in [6, 6.07) is 6.96. The van der Waals surface area contributed by atoms with Gasteiger partial charge in [0.15, 0.2) is 18.2 Å². The average molecular weight is 422 g/mol. The Morgan fingerprint density at radius 2 is 2.07 bits per heavy atom. The number of anilines is 2. The fourth-order valence-corrected chi connectivity index (χ4v) is 2.87. The molecule has 28 heavy (non-hydrogen) atoms. The minimum absolute atomic E-state index is 0.0659. The van der Waals surface area contributed by atoms with Gasteiger partial charge in [-0.15, -0.1) is 0 Å². The van der Waals surface area contributed by atoms with Crippen molar-refractivity contribution >= 4 is 51.5 Å². The number of amides is 1. The molecule has 1 aromatic carbocycles. The van der Waals surface area contributed by atoms with Crippen molar-refractivity contribution in [3.63, 3.8) is 0 Å². The highest BCUT2D eigenvalue weighted by Gasteiger charge is 2.11. The summed E-state index contributed by atoms with van der Waals surface area (Å²) >= 11 is 11.9. The van der Waals surface area contributed by atoms with Crippen molar-refractivity contribution in [3.05, 3.63) is 51.1 Å². The van der Waals surface area contributed by atoms with E-state index in [0.717, 1.165) is 5.39 Å². The van der Waals surface area contributed by atoms with Crippen LogP contribution in [0.1, 0.15) is 6.92 Å². The quantitative estimate of drug-likeness (QED) is 0.593. The first-order valence-corrected chi connectivity index (χ1v) is 9.13. The Kier molecular flexibility index (Phi) is 6.01. The number of fused-ring (bicyclic) bond motifs is 1. The molecule has 0 bridgehead atoms. The molecule has 0 aliphatic heterocycles. The van der Waals surface area contributed by atoms with Crippen LogP contribution in [0.2, 0.25) is 10.3 Å². The van der Waals surface area contributed by atoms with Crippen molar-refractivity contribution < 1.29 is 9.53 Å². The van der Waals surface area contributed by atoms with Crippen LogP contribution in [0.3, 0.4) is 0 Å². The molecule has 0 spiro atoms. The van der Waals surface area contributed by atoms with Gasteiger partial charge in [-0.3, -0.25) is 9.59 Å². The minimum Gasteiger partial charge on any atom is -0.478 e. The van der Waals surface area contributed by atoms with E-state index < -0.39 is 0 Å². The first kappa shape index (κ1) is 19.9. The number of nitrogens with one attached hydrogen (secondary N) is 2. The zero-order valence-corrected chi connectivity index (χ0v) is 16.6. The molecule has 8 nitrogen and oxygen atoms in total. The summed E-state index contributed by atoms with van der Waals surface area (Å²) in [4.78, 5) is 31.9. The van der Waals surface area contributed by atoms with Gasteiger partial charge in [0.25, 0.3) is 11.5 Å². The Bertz CT molecular complexity index is 1100. The molecular weight excluding hydrogens is 405 g/mol. The van der Waals surface area contributed by atoms with Crippen molar-refractivity contribution in [1.29, 1.82) is 0 Å². The van der Waals surface area contributed by atoms with Crippen LogP contribution in [-0.2, 0) is 11.8 Å². The van der Waals surface area contributed by atoms with Crippen LogP contribution < -0.4 is 20.9 Å². The molecule has 0 saturated heterocycles. The smallest absolute Gasteiger partial charge is 0.293 e. The topological polar surface area (TPSA) is 98.1 Å². The van der Waals surface area contributed by atoms with Gasteiger partial charge in [0.1, 0.15) is 5.02 Å². The highest BCUT2D eigenvalue weighted by atomic mass is 35.5. The molecule has 2 aromatic heterocycles. The lowest BCUT2D eigenvalue weighted by Crippen LogP contribution is -2.30.